The van der Waals surface area contributed by atoms with Crippen LogP contribution in [0.25, 0.3) is 0 Å². The van der Waals surface area contributed by atoms with Crippen molar-refractivity contribution in [2.75, 3.05) is 0 Å². The van der Waals surface area contributed by atoms with Crippen molar-refractivity contribution in [2.24, 2.45) is 10.9 Å². The molecule has 0 aliphatic carbocycles. The summed E-state index contributed by atoms with van der Waals surface area (Å²) >= 11 is 7.53. The highest BCUT2D eigenvalue weighted by Gasteiger charge is 2.18. The second-order valence-electron chi connectivity index (χ2n) is 4.79. The van der Waals surface area contributed by atoms with Crippen molar-refractivity contribution in [3.63, 3.8) is 0 Å². The van der Waals surface area contributed by atoms with Crippen LogP contribution in [-0.4, -0.2) is 11.0 Å². The molecule has 4 nitrogen and oxygen atoms in total. The summed E-state index contributed by atoms with van der Waals surface area (Å²) in [7, 11) is 0. The topological polar surface area (TPSA) is 70.6 Å². The first-order valence-electron chi connectivity index (χ1n) is 6.62. The molecule has 2 rings (SSSR count). The molecule has 0 aliphatic rings. The second kappa shape index (κ2) is 7.45. The average molecular weight is 324 g/mol. The maximum absolute atomic E-state index is 8.80. The van der Waals surface area contributed by atoms with E-state index in [9.17, 15) is 0 Å². The summed E-state index contributed by atoms with van der Waals surface area (Å²) in [4.78, 5) is 1.15. The Morgan fingerprint density at radius 2 is 2.05 bits per heavy atom. The number of rotatable bonds is 6. The highest BCUT2D eigenvalue weighted by atomic mass is 35.5. The van der Waals surface area contributed by atoms with E-state index in [4.69, 9.17) is 22.5 Å². The molecule has 112 valence electrons. The van der Waals surface area contributed by atoms with E-state index in [2.05, 4.69) is 17.4 Å². The fourth-order valence-electron chi connectivity index (χ4n) is 2.15. The van der Waals surface area contributed by atoms with Gasteiger partial charge >= 0.3 is 0 Å². The zero-order valence-electron chi connectivity index (χ0n) is 11.7. The van der Waals surface area contributed by atoms with E-state index in [1.54, 1.807) is 11.3 Å². The molecule has 0 aliphatic heterocycles. The van der Waals surface area contributed by atoms with Gasteiger partial charge in [0.15, 0.2) is 0 Å². The third-order valence-corrected chi connectivity index (χ3v) is 4.63. The van der Waals surface area contributed by atoms with Crippen LogP contribution in [0.4, 0.5) is 0 Å². The molecule has 0 saturated heterocycles. The lowest BCUT2D eigenvalue weighted by molar-refractivity contribution is 0.315. The van der Waals surface area contributed by atoms with Crippen molar-refractivity contribution >= 4 is 28.8 Å². The molecular formula is C15H18ClN3OS. The number of benzene rings is 1. The Morgan fingerprint density at radius 3 is 2.62 bits per heavy atom. The summed E-state index contributed by atoms with van der Waals surface area (Å²) in [5.74, 6) is 0.202. The molecule has 0 bridgehead atoms. The summed E-state index contributed by atoms with van der Waals surface area (Å²) in [5, 5.41) is 15.4. The van der Waals surface area contributed by atoms with Crippen molar-refractivity contribution < 1.29 is 5.21 Å². The third kappa shape index (κ3) is 4.46. The molecule has 0 amide bonds. The lowest BCUT2D eigenvalue weighted by atomic mass is 10.0. The average Bonchev–Trinajstić information content (AvgIpc) is 2.94. The largest absolute Gasteiger partial charge is 0.409 e. The number of nitrogens with zero attached hydrogens (tertiary/aromatic N) is 1. The summed E-state index contributed by atoms with van der Waals surface area (Å²) in [6.07, 6.45) is 0.434. The van der Waals surface area contributed by atoms with Crippen LogP contribution in [-0.2, 0) is 0 Å². The molecule has 0 saturated carbocycles. The molecule has 21 heavy (non-hydrogen) atoms. The van der Waals surface area contributed by atoms with Crippen LogP contribution in [0.15, 0.2) is 47.6 Å². The summed E-state index contributed by atoms with van der Waals surface area (Å²) in [5.41, 5.74) is 6.77. The normalized spacial score (nSPS) is 14.9. The predicted octanol–water partition coefficient (Wildman–Crippen LogP) is 3.93. The van der Waals surface area contributed by atoms with Crippen molar-refractivity contribution in [3.05, 3.63) is 57.2 Å². The van der Waals surface area contributed by atoms with Crippen LogP contribution in [0.5, 0.6) is 0 Å². The number of hydrogen-bond acceptors (Lipinski definition) is 4. The molecule has 1 aromatic carbocycles. The maximum Gasteiger partial charge on any atom is 0.141 e. The Bertz CT molecular complexity index is 600. The Balaban J connectivity index is 2.16. The SMILES string of the molecule is CC(NC(CC(N)=NO)c1ccccc1)c1ccc(Cl)s1. The quantitative estimate of drug-likeness (QED) is 0.326. The van der Waals surface area contributed by atoms with E-state index < -0.39 is 0 Å². The number of nitrogens with two attached hydrogens (primary N) is 1. The number of thiophene rings is 1. The number of oxime groups is 1. The van der Waals surface area contributed by atoms with E-state index in [0.29, 0.717) is 6.42 Å². The van der Waals surface area contributed by atoms with Gasteiger partial charge in [-0.1, -0.05) is 47.1 Å². The van der Waals surface area contributed by atoms with Gasteiger partial charge in [-0.25, -0.2) is 0 Å². The molecule has 1 heterocycles. The van der Waals surface area contributed by atoms with Crippen LogP contribution in [0.1, 0.15) is 35.9 Å². The molecule has 2 aromatic rings. The highest BCUT2D eigenvalue weighted by Crippen LogP contribution is 2.29. The van der Waals surface area contributed by atoms with Crippen molar-refractivity contribution in [3.8, 4) is 0 Å². The second-order valence-corrected chi connectivity index (χ2v) is 6.54. The van der Waals surface area contributed by atoms with Crippen LogP contribution >= 0.6 is 22.9 Å². The zero-order valence-corrected chi connectivity index (χ0v) is 13.2. The predicted molar refractivity (Wildman–Crippen MR) is 88.1 cm³/mol. The van der Waals surface area contributed by atoms with Gasteiger partial charge in [0.05, 0.1) is 4.34 Å². The summed E-state index contributed by atoms with van der Waals surface area (Å²) in [6, 6.07) is 14.0. The lowest BCUT2D eigenvalue weighted by Gasteiger charge is -2.23. The number of hydrogen-bond donors (Lipinski definition) is 3. The first-order valence-corrected chi connectivity index (χ1v) is 7.82. The van der Waals surface area contributed by atoms with Gasteiger partial charge in [-0.15, -0.1) is 11.3 Å². The van der Waals surface area contributed by atoms with Gasteiger partial charge in [0.2, 0.25) is 0 Å². The Kier molecular flexibility index (Phi) is 5.61. The standard InChI is InChI=1S/C15H18ClN3OS/c1-10(13-7-8-14(16)21-13)18-12(9-15(17)19-20)11-5-3-2-4-6-11/h2-8,10,12,18,20H,9H2,1H3,(H2,17,19). The molecule has 1 aromatic heterocycles. The van der Waals surface area contributed by atoms with Crippen molar-refractivity contribution in [1.29, 1.82) is 0 Å². The minimum Gasteiger partial charge on any atom is -0.409 e. The zero-order chi connectivity index (χ0) is 15.2. The van der Waals surface area contributed by atoms with Crippen molar-refractivity contribution in [1.82, 2.24) is 5.32 Å². The van der Waals surface area contributed by atoms with E-state index in [-0.39, 0.29) is 17.9 Å². The fraction of sp³-hybridized carbons (Fsp3) is 0.267. The molecule has 0 spiro atoms. The smallest absolute Gasteiger partial charge is 0.141 e. The van der Waals surface area contributed by atoms with Crippen LogP contribution in [0.2, 0.25) is 4.34 Å². The monoisotopic (exact) mass is 323 g/mol. The number of amidine groups is 1. The Labute approximate surface area is 133 Å². The molecule has 0 radical (unpaired) electrons. The molecule has 0 fully saturated rings. The number of halogens is 1. The maximum atomic E-state index is 8.80. The fourth-order valence-corrected chi connectivity index (χ4v) is 3.23. The summed E-state index contributed by atoms with van der Waals surface area (Å²) < 4.78 is 0.770. The van der Waals surface area contributed by atoms with Gasteiger partial charge in [0.1, 0.15) is 5.84 Å². The third-order valence-electron chi connectivity index (χ3n) is 3.22. The van der Waals surface area contributed by atoms with Gasteiger partial charge in [-0.05, 0) is 24.6 Å². The number of nitrogens with one attached hydrogen (secondary N) is 1. The molecular weight excluding hydrogens is 306 g/mol. The molecule has 4 N–H and O–H groups in total. The first kappa shape index (κ1) is 15.8. The highest BCUT2D eigenvalue weighted by molar-refractivity contribution is 7.16. The van der Waals surface area contributed by atoms with Gasteiger partial charge in [0, 0.05) is 23.4 Å². The van der Waals surface area contributed by atoms with Gasteiger partial charge < -0.3 is 16.3 Å². The van der Waals surface area contributed by atoms with Crippen LogP contribution in [0, 0.1) is 0 Å². The van der Waals surface area contributed by atoms with E-state index >= 15 is 0 Å². The Morgan fingerprint density at radius 1 is 1.33 bits per heavy atom. The minimum absolute atomic E-state index is 0.0297. The molecule has 2 atom stereocenters. The van der Waals surface area contributed by atoms with Gasteiger partial charge in [-0.2, -0.15) is 0 Å². The first-order chi connectivity index (χ1) is 10.1. The minimum atomic E-state index is -0.0297. The van der Waals surface area contributed by atoms with Gasteiger partial charge in [0.25, 0.3) is 0 Å². The Hall–Kier alpha value is -1.56. The van der Waals surface area contributed by atoms with E-state index in [1.807, 2.05) is 42.5 Å². The lowest BCUT2D eigenvalue weighted by Crippen LogP contribution is -2.28. The van der Waals surface area contributed by atoms with Crippen LogP contribution < -0.4 is 11.1 Å². The van der Waals surface area contributed by atoms with Crippen molar-refractivity contribution in [2.45, 2.75) is 25.4 Å². The molecule has 2 unspecified atom stereocenters. The van der Waals surface area contributed by atoms with Gasteiger partial charge in [-0.3, -0.25) is 0 Å². The van der Waals surface area contributed by atoms with Crippen LogP contribution in [0.3, 0.4) is 0 Å². The summed E-state index contributed by atoms with van der Waals surface area (Å²) in [6.45, 7) is 2.07. The van der Waals surface area contributed by atoms with E-state index in [1.165, 1.54) is 0 Å². The molecule has 6 heteroatoms. The van der Waals surface area contributed by atoms with E-state index in [0.717, 1.165) is 14.8 Å².